The summed E-state index contributed by atoms with van der Waals surface area (Å²) in [6.07, 6.45) is 0.823. The highest BCUT2D eigenvalue weighted by Gasteiger charge is 2.38. The van der Waals surface area contributed by atoms with Crippen LogP contribution in [0.4, 0.5) is 33.8 Å². The minimum atomic E-state index is -0.484. The van der Waals surface area contributed by atoms with Crippen molar-refractivity contribution in [2.24, 2.45) is 5.92 Å². The maximum absolute atomic E-state index is 12.6. The lowest BCUT2D eigenvalue weighted by Crippen LogP contribution is -2.38. The van der Waals surface area contributed by atoms with E-state index in [0.717, 1.165) is 21.5 Å². The van der Waals surface area contributed by atoms with Gasteiger partial charge in [-0.25, -0.2) is 14.8 Å². The van der Waals surface area contributed by atoms with Gasteiger partial charge in [-0.2, -0.15) is 4.98 Å². The van der Waals surface area contributed by atoms with Gasteiger partial charge in [0.15, 0.2) is 5.82 Å². The molecule has 1 aliphatic heterocycles. The zero-order chi connectivity index (χ0) is 26.1. The van der Waals surface area contributed by atoms with Gasteiger partial charge < -0.3 is 15.4 Å². The summed E-state index contributed by atoms with van der Waals surface area (Å²) < 4.78 is 6.20. The number of nitrogens with zero attached hydrogens (tertiary/aromatic N) is 5. The maximum atomic E-state index is 12.6. The van der Waals surface area contributed by atoms with Gasteiger partial charge in [-0.1, -0.05) is 26.0 Å². The highest BCUT2D eigenvalue weighted by Crippen LogP contribution is 2.35. The molecule has 2 atom stereocenters. The summed E-state index contributed by atoms with van der Waals surface area (Å²) in [5.41, 5.74) is 2.50. The Balaban J connectivity index is 1.34. The van der Waals surface area contributed by atoms with Gasteiger partial charge in [0.2, 0.25) is 5.95 Å². The van der Waals surface area contributed by atoms with E-state index in [1.807, 2.05) is 42.6 Å². The number of hydrogen-bond donors (Lipinski definition) is 2. The van der Waals surface area contributed by atoms with Crippen molar-refractivity contribution in [2.45, 2.75) is 32.9 Å². The summed E-state index contributed by atoms with van der Waals surface area (Å²) in [6, 6.07) is 12.4. The van der Waals surface area contributed by atoms with Crippen LogP contribution in [0.5, 0.6) is 0 Å². The molecule has 0 aliphatic carbocycles. The number of fused-ring (bicyclic) bond motifs is 1. The second-order valence-corrected chi connectivity index (χ2v) is 9.95. The molecule has 1 amide bonds. The van der Waals surface area contributed by atoms with Crippen molar-refractivity contribution >= 4 is 56.6 Å². The van der Waals surface area contributed by atoms with E-state index in [2.05, 4.69) is 34.4 Å². The van der Waals surface area contributed by atoms with E-state index in [1.165, 1.54) is 23.6 Å². The SMILES string of the molecule is CC(Nc1nc(N2C(=O)OC[C@@H]2C(C)C)c2sccc2n1)c1ccc(Nc2ccc([N+](=O)[O-])cn2)cc1. The van der Waals surface area contributed by atoms with Crippen molar-refractivity contribution in [3.05, 3.63) is 69.7 Å². The number of rotatable bonds is 8. The van der Waals surface area contributed by atoms with Gasteiger partial charge in [0.05, 0.1) is 27.2 Å². The summed E-state index contributed by atoms with van der Waals surface area (Å²) in [5, 5.41) is 19.2. The molecule has 37 heavy (non-hydrogen) atoms. The molecule has 0 bridgehead atoms. The number of nitrogens with one attached hydrogen (secondary N) is 2. The zero-order valence-electron chi connectivity index (χ0n) is 20.4. The molecule has 1 fully saturated rings. The molecule has 4 aromatic rings. The number of thiophene rings is 1. The number of carbonyl (C=O) groups excluding carboxylic acids is 1. The van der Waals surface area contributed by atoms with Crippen molar-refractivity contribution in [3.8, 4) is 0 Å². The number of pyridine rings is 1. The third kappa shape index (κ3) is 5.00. The molecule has 5 rings (SSSR count). The van der Waals surface area contributed by atoms with E-state index < -0.39 is 11.0 Å². The van der Waals surface area contributed by atoms with Gasteiger partial charge >= 0.3 is 6.09 Å². The highest BCUT2D eigenvalue weighted by atomic mass is 32.1. The predicted molar refractivity (Wildman–Crippen MR) is 143 cm³/mol. The number of nitro groups is 1. The first-order valence-corrected chi connectivity index (χ1v) is 12.6. The Morgan fingerprint density at radius 3 is 2.59 bits per heavy atom. The van der Waals surface area contributed by atoms with Gasteiger partial charge in [0.1, 0.15) is 18.6 Å². The Hall–Kier alpha value is -4.32. The third-order valence-corrected chi connectivity index (χ3v) is 7.08. The van der Waals surface area contributed by atoms with Gasteiger partial charge in [-0.05, 0) is 48.1 Å². The molecular formula is C25H25N7O4S. The molecule has 1 aliphatic rings. The Kier molecular flexibility index (Phi) is 6.57. The second kappa shape index (κ2) is 9.97. The first-order valence-electron chi connectivity index (χ1n) is 11.8. The van der Waals surface area contributed by atoms with Crippen molar-refractivity contribution in [3.63, 3.8) is 0 Å². The van der Waals surface area contributed by atoms with E-state index >= 15 is 0 Å². The zero-order valence-corrected chi connectivity index (χ0v) is 21.2. The average Bonchev–Trinajstić information content (AvgIpc) is 3.51. The number of ether oxygens (including phenoxy) is 1. The van der Waals surface area contributed by atoms with Gasteiger partial charge in [-0.3, -0.25) is 15.0 Å². The first kappa shape index (κ1) is 24.4. The van der Waals surface area contributed by atoms with Crippen LogP contribution in [0, 0.1) is 16.0 Å². The quantitative estimate of drug-likeness (QED) is 0.216. The third-order valence-electron chi connectivity index (χ3n) is 6.18. The minimum Gasteiger partial charge on any atom is -0.447 e. The van der Waals surface area contributed by atoms with Crippen LogP contribution in [-0.2, 0) is 4.74 Å². The molecule has 12 heteroatoms. The number of amides is 1. The molecule has 0 spiro atoms. The van der Waals surface area contributed by atoms with Crippen LogP contribution in [0.15, 0.2) is 54.0 Å². The van der Waals surface area contributed by atoms with Gasteiger partial charge in [-0.15, -0.1) is 11.3 Å². The fourth-order valence-corrected chi connectivity index (χ4v) is 4.91. The lowest BCUT2D eigenvalue weighted by molar-refractivity contribution is -0.385. The Morgan fingerprint density at radius 1 is 1.14 bits per heavy atom. The normalized spacial score (nSPS) is 16.2. The van der Waals surface area contributed by atoms with Crippen LogP contribution in [0.25, 0.3) is 10.2 Å². The van der Waals surface area contributed by atoms with Crippen LogP contribution in [0.2, 0.25) is 0 Å². The van der Waals surface area contributed by atoms with Crippen molar-refractivity contribution in [1.29, 1.82) is 0 Å². The fraction of sp³-hybridized carbons (Fsp3) is 0.280. The number of benzene rings is 1. The van der Waals surface area contributed by atoms with E-state index in [1.54, 1.807) is 11.0 Å². The molecule has 11 nitrogen and oxygen atoms in total. The average molecular weight is 520 g/mol. The van der Waals surface area contributed by atoms with E-state index in [0.29, 0.717) is 24.2 Å². The lowest BCUT2D eigenvalue weighted by Gasteiger charge is -2.24. The number of cyclic esters (lactones) is 1. The minimum absolute atomic E-state index is 0.0619. The molecule has 1 aromatic carbocycles. The van der Waals surface area contributed by atoms with E-state index in [4.69, 9.17) is 9.72 Å². The van der Waals surface area contributed by atoms with E-state index in [-0.39, 0.29) is 23.7 Å². The largest absolute Gasteiger partial charge is 0.447 e. The molecule has 190 valence electrons. The molecule has 0 saturated carbocycles. The maximum Gasteiger partial charge on any atom is 0.415 e. The summed E-state index contributed by atoms with van der Waals surface area (Å²) in [6.45, 7) is 6.46. The van der Waals surface area contributed by atoms with Gasteiger partial charge in [0, 0.05) is 11.8 Å². The Labute approximate surface area is 216 Å². The highest BCUT2D eigenvalue weighted by molar-refractivity contribution is 7.17. The van der Waals surface area contributed by atoms with Crippen LogP contribution in [0.1, 0.15) is 32.4 Å². The lowest BCUT2D eigenvalue weighted by atomic mass is 10.0. The smallest absolute Gasteiger partial charge is 0.415 e. The molecule has 1 saturated heterocycles. The predicted octanol–water partition coefficient (Wildman–Crippen LogP) is 5.89. The summed E-state index contributed by atoms with van der Waals surface area (Å²) in [7, 11) is 0. The molecule has 2 N–H and O–H groups in total. The molecule has 4 heterocycles. The molecular weight excluding hydrogens is 494 g/mol. The van der Waals surface area contributed by atoms with Crippen LogP contribution in [-0.4, -0.2) is 38.6 Å². The first-order chi connectivity index (χ1) is 17.8. The molecule has 0 radical (unpaired) electrons. The Bertz CT molecular complexity index is 1440. The topological polar surface area (TPSA) is 135 Å². The van der Waals surface area contributed by atoms with Gasteiger partial charge in [0.25, 0.3) is 5.69 Å². The standard InChI is InChI=1S/C25H25N7O4S/c1-14(2)20-13-36-25(33)31(20)23-22-19(10-11-37-22)29-24(30-23)27-15(3)16-4-6-17(7-5-16)28-21-9-8-18(12-26-21)32(34)35/h4-12,14-15,20H,13H2,1-3H3,(H,26,28)(H,27,29,30)/t15?,20-/m1/s1. The summed E-state index contributed by atoms with van der Waals surface area (Å²) in [5.74, 6) is 1.70. The van der Waals surface area contributed by atoms with Crippen LogP contribution in [0.3, 0.4) is 0 Å². The van der Waals surface area contributed by atoms with Crippen molar-refractivity contribution in [1.82, 2.24) is 15.0 Å². The monoisotopic (exact) mass is 519 g/mol. The van der Waals surface area contributed by atoms with E-state index in [9.17, 15) is 14.9 Å². The molecule has 1 unspecified atom stereocenters. The number of anilines is 4. The number of carbonyl (C=O) groups is 1. The summed E-state index contributed by atoms with van der Waals surface area (Å²) in [4.78, 5) is 38.0. The van der Waals surface area contributed by atoms with Crippen LogP contribution >= 0.6 is 11.3 Å². The fourth-order valence-electron chi connectivity index (χ4n) is 4.09. The van der Waals surface area contributed by atoms with Crippen molar-refractivity contribution < 1.29 is 14.5 Å². The second-order valence-electron chi connectivity index (χ2n) is 9.04. The summed E-state index contributed by atoms with van der Waals surface area (Å²) >= 11 is 1.50. The Morgan fingerprint density at radius 2 is 1.92 bits per heavy atom. The number of hydrogen-bond acceptors (Lipinski definition) is 10. The number of aromatic nitrogens is 3. The van der Waals surface area contributed by atoms with Crippen molar-refractivity contribution in [2.75, 3.05) is 22.1 Å². The van der Waals surface area contributed by atoms with Crippen LogP contribution < -0.4 is 15.5 Å². The molecule has 3 aromatic heterocycles.